The van der Waals surface area contributed by atoms with Gasteiger partial charge in [0.05, 0.1) is 11.4 Å². The van der Waals surface area contributed by atoms with E-state index in [0.29, 0.717) is 11.7 Å². The molecule has 0 aliphatic heterocycles. The summed E-state index contributed by atoms with van der Waals surface area (Å²) >= 11 is 1.64. The van der Waals surface area contributed by atoms with Crippen LogP contribution < -0.4 is 10.4 Å². The minimum atomic E-state index is -0.0651. The van der Waals surface area contributed by atoms with Crippen LogP contribution in [0.25, 0.3) is 5.69 Å². The number of thiazole rings is 1. The molecule has 4 rings (SSSR count). The first-order valence-corrected chi connectivity index (χ1v) is 11.0. The molecule has 0 amide bonds. The molecule has 0 saturated heterocycles. The molecule has 0 spiro atoms. The largest absolute Gasteiger partial charge is 0.318 e. The zero-order valence-electron chi connectivity index (χ0n) is 16.9. The molecule has 28 heavy (non-hydrogen) atoms. The number of aryl methyl sites for hydroxylation is 1. The highest BCUT2D eigenvalue weighted by molar-refractivity contribution is 7.07. The number of para-hydroxylation sites is 1. The molecule has 1 aliphatic carbocycles. The lowest BCUT2D eigenvalue weighted by molar-refractivity contribution is 0.428. The Morgan fingerprint density at radius 1 is 1.04 bits per heavy atom. The predicted octanol–water partition coefficient (Wildman–Crippen LogP) is 4.78. The topological polar surface area (TPSA) is 44.2 Å². The molecule has 1 fully saturated rings. The molecule has 0 atom stereocenters. The van der Waals surface area contributed by atoms with Gasteiger partial charge in [0.15, 0.2) is 10.5 Å². The molecule has 6 heteroatoms. The molecule has 0 radical (unpaired) electrons. The standard InChI is InChI=1S/C22H28N4OS/c1-16-15-28-22(25(16)18-11-7-4-5-8-12-18)23-20-17(2)24(3)26(21(20)27)19-13-9-6-10-14-19/h6,9-10,13-15,18H,4-5,7-8,11-12H2,1-3H3. The van der Waals surface area contributed by atoms with Crippen LogP contribution in [0.1, 0.15) is 56.0 Å². The molecular weight excluding hydrogens is 368 g/mol. The van der Waals surface area contributed by atoms with E-state index in [4.69, 9.17) is 4.99 Å². The highest BCUT2D eigenvalue weighted by atomic mass is 32.1. The van der Waals surface area contributed by atoms with Crippen LogP contribution in [0.15, 0.2) is 45.5 Å². The third-order valence-electron chi connectivity index (χ3n) is 5.84. The van der Waals surface area contributed by atoms with Crippen molar-refractivity contribution in [2.75, 3.05) is 0 Å². The van der Waals surface area contributed by atoms with Crippen molar-refractivity contribution in [3.63, 3.8) is 0 Å². The maximum Gasteiger partial charge on any atom is 0.297 e. The van der Waals surface area contributed by atoms with Gasteiger partial charge in [-0.15, -0.1) is 11.3 Å². The van der Waals surface area contributed by atoms with Crippen molar-refractivity contribution < 1.29 is 0 Å². The molecule has 5 nitrogen and oxygen atoms in total. The Bertz CT molecular complexity index is 1080. The predicted molar refractivity (Wildman–Crippen MR) is 115 cm³/mol. The van der Waals surface area contributed by atoms with Gasteiger partial charge in [-0.2, -0.15) is 0 Å². The van der Waals surface area contributed by atoms with Gasteiger partial charge in [0.1, 0.15) is 0 Å². The highest BCUT2D eigenvalue weighted by Crippen LogP contribution is 2.28. The summed E-state index contributed by atoms with van der Waals surface area (Å²) in [6.45, 7) is 4.12. The number of rotatable bonds is 3. The first-order chi connectivity index (χ1) is 13.6. The zero-order chi connectivity index (χ0) is 19.7. The van der Waals surface area contributed by atoms with Crippen LogP contribution >= 0.6 is 11.3 Å². The Balaban J connectivity index is 1.84. The van der Waals surface area contributed by atoms with E-state index in [1.165, 1.54) is 44.2 Å². The van der Waals surface area contributed by atoms with Gasteiger partial charge in [-0.3, -0.25) is 9.48 Å². The van der Waals surface area contributed by atoms with Gasteiger partial charge >= 0.3 is 0 Å². The molecule has 1 saturated carbocycles. The van der Waals surface area contributed by atoms with E-state index in [1.54, 1.807) is 16.0 Å². The van der Waals surface area contributed by atoms with E-state index in [1.807, 2.05) is 49.0 Å². The molecule has 1 aliphatic rings. The van der Waals surface area contributed by atoms with Gasteiger partial charge in [-0.1, -0.05) is 43.9 Å². The van der Waals surface area contributed by atoms with Gasteiger partial charge in [0.25, 0.3) is 5.56 Å². The quantitative estimate of drug-likeness (QED) is 0.587. The number of hydrogen-bond acceptors (Lipinski definition) is 3. The summed E-state index contributed by atoms with van der Waals surface area (Å²) in [6, 6.07) is 10.2. The van der Waals surface area contributed by atoms with Crippen LogP contribution in [0.3, 0.4) is 0 Å². The fraction of sp³-hybridized carbons (Fsp3) is 0.455. The Morgan fingerprint density at radius 3 is 2.39 bits per heavy atom. The number of benzene rings is 1. The van der Waals surface area contributed by atoms with E-state index < -0.39 is 0 Å². The lowest BCUT2D eigenvalue weighted by atomic mass is 10.1. The van der Waals surface area contributed by atoms with Crippen molar-refractivity contribution in [3.05, 3.63) is 62.3 Å². The Kier molecular flexibility index (Phi) is 5.40. The second-order valence-electron chi connectivity index (χ2n) is 7.70. The zero-order valence-corrected chi connectivity index (χ0v) is 17.7. The Morgan fingerprint density at radius 2 is 1.71 bits per heavy atom. The molecule has 0 N–H and O–H groups in total. The number of aromatic nitrogens is 3. The third-order valence-corrected chi connectivity index (χ3v) is 6.80. The smallest absolute Gasteiger partial charge is 0.297 e. The van der Waals surface area contributed by atoms with Crippen LogP contribution in [0.2, 0.25) is 0 Å². The molecule has 148 valence electrons. The maximum atomic E-state index is 13.2. The van der Waals surface area contributed by atoms with E-state index in [2.05, 4.69) is 16.9 Å². The van der Waals surface area contributed by atoms with Gasteiger partial charge in [-0.25, -0.2) is 9.67 Å². The summed E-state index contributed by atoms with van der Waals surface area (Å²) in [5, 5.41) is 2.16. The van der Waals surface area contributed by atoms with Gasteiger partial charge in [-0.05, 0) is 38.8 Å². The average molecular weight is 397 g/mol. The second kappa shape index (κ2) is 7.95. The van der Waals surface area contributed by atoms with Crippen molar-refractivity contribution in [2.45, 2.75) is 58.4 Å². The molecule has 2 heterocycles. The maximum absolute atomic E-state index is 13.2. The fourth-order valence-corrected chi connectivity index (χ4v) is 5.16. The lowest BCUT2D eigenvalue weighted by Gasteiger charge is -2.18. The van der Waals surface area contributed by atoms with E-state index >= 15 is 0 Å². The molecule has 0 bridgehead atoms. The molecular formula is C22H28N4OS. The first-order valence-electron chi connectivity index (χ1n) is 10.1. The van der Waals surface area contributed by atoms with Crippen LogP contribution in [0, 0.1) is 13.8 Å². The van der Waals surface area contributed by atoms with Crippen LogP contribution in [-0.4, -0.2) is 13.9 Å². The summed E-state index contributed by atoms with van der Waals surface area (Å²) in [5.41, 5.74) is 3.46. The highest BCUT2D eigenvalue weighted by Gasteiger charge is 2.19. The van der Waals surface area contributed by atoms with Gasteiger partial charge in [0, 0.05) is 24.2 Å². The lowest BCUT2D eigenvalue weighted by Crippen LogP contribution is -2.23. The van der Waals surface area contributed by atoms with Crippen molar-refractivity contribution in [1.82, 2.24) is 13.9 Å². The second-order valence-corrected chi connectivity index (χ2v) is 8.53. The number of nitrogens with zero attached hydrogens (tertiary/aromatic N) is 4. The molecule has 3 aromatic rings. The van der Waals surface area contributed by atoms with E-state index in [-0.39, 0.29) is 5.56 Å². The van der Waals surface area contributed by atoms with Gasteiger partial charge < -0.3 is 4.57 Å². The summed E-state index contributed by atoms with van der Waals surface area (Å²) in [7, 11) is 1.92. The summed E-state index contributed by atoms with van der Waals surface area (Å²) < 4.78 is 5.96. The summed E-state index contributed by atoms with van der Waals surface area (Å²) in [5.74, 6) is 0. The minimum Gasteiger partial charge on any atom is -0.318 e. The summed E-state index contributed by atoms with van der Waals surface area (Å²) in [4.78, 5) is 19.0. The molecule has 2 aromatic heterocycles. The monoisotopic (exact) mass is 396 g/mol. The Labute approximate surface area is 169 Å². The average Bonchev–Trinajstić information content (AvgIpc) is 3.00. The van der Waals surface area contributed by atoms with Crippen molar-refractivity contribution in [3.8, 4) is 5.69 Å². The van der Waals surface area contributed by atoms with Crippen molar-refractivity contribution in [1.29, 1.82) is 0 Å². The fourth-order valence-electron chi connectivity index (χ4n) is 4.22. The third kappa shape index (κ3) is 3.41. The summed E-state index contributed by atoms with van der Waals surface area (Å²) in [6.07, 6.45) is 7.60. The SMILES string of the molecule is Cc1csc(=Nc2c(C)n(C)n(-c3ccccc3)c2=O)n1C1CCCCCC1. The normalized spacial score (nSPS) is 16.5. The Hall–Kier alpha value is -2.34. The number of hydrogen-bond donors (Lipinski definition) is 0. The van der Waals surface area contributed by atoms with E-state index in [0.717, 1.165) is 16.2 Å². The van der Waals surface area contributed by atoms with Crippen LogP contribution in [0.4, 0.5) is 5.69 Å². The molecule has 1 aromatic carbocycles. The first kappa shape index (κ1) is 19.0. The van der Waals surface area contributed by atoms with Crippen molar-refractivity contribution >= 4 is 17.0 Å². The minimum absolute atomic E-state index is 0.0651. The van der Waals surface area contributed by atoms with Crippen LogP contribution in [-0.2, 0) is 7.05 Å². The van der Waals surface area contributed by atoms with E-state index in [9.17, 15) is 4.79 Å². The van der Waals surface area contributed by atoms with Gasteiger partial charge in [0.2, 0.25) is 0 Å². The van der Waals surface area contributed by atoms with Crippen LogP contribution in [0.5, 0.6) is 0 Å². The van der Waals surface area contributed by atoms with Crippen molar-refractivity contribution in [2.24, 2.45) is 12.0 Å². The molecule has 0 unspecified atom stereocenters.